The predicted molar refractivity (Wildman–Crippen MR) is 98.1 cm³/mol. The van der Waals surface area contributed by atoms with Crippen LogP contribution in [0.1, 0.15) is 22.8 Å². The Morgan fingerprint density at radius 1 is 1.26 bits per heavy atom. The van der Waals surface area contributed by atoms with Crippen molar-refractivity contribution in [1.82, 2.24) is 0 Å². The summed E-state index contributed by atoms with van der Waals surface area (Å²) >= 11 is 0. The van der Waals surface area contributed by atoms with Crippen molar-refractivity contribution >= 4 is 29.4 Å². The number of amides is 1. The van der Waals surface area contributed by atoms with E-state index in [1.807, 2.05) is 0 Å². The second kappa shape index (κ2) is 7.74. The summed E-state index contributed by atoms with van der Waals surface area (Å²) in [6.45, 7) is 1.39. The molecule has 1 atom stereocenters. The van der Waals surface area contributed by atoms with E-state index < -0.39 is 12.1 Å². The van der Waals surface area contributed by atoms with Gasteiger partial charge in [-0.3, -0.25) is 9.59 Å². The van der Waals surface area contributed by atoms with Gasteiger partial charge < -0.3 is 19.9 Å². The molecule has 7 heteroatoms. The van der Waals surface area contributed by atoms with Gasteiger partial charge in [0.1, 0.15) is 11.5 Å². The number of ketones is 1. The van der Waals surface area contributed by atoms with Gasteiger partial charge in [-0.05, 0) is 48.9 Å². The third-order valence-electron chi connectivity index (χ3n) is 3.84. The first-order valence-corrected chi connectivity index (χ1v) is 8.21. The van der Waals surface area contributed by atoms with Crippen molar-refractivity contribution in [3.63, 3.8) is 0 Å². The van der Waals surface area contributed by atoms with Gasteiger partial charge in [0.25, 0.3) is 5.91 Å². The third-order valence-corrected chi connectivity index (χ3v) is 3.84. The Morgan fingerprint density at radius 3 is 2.85 bits per heavy atom. The number of allylic oxidation sites excluding steroid dienone is 1. The average molecular weight is 367 g/mol. The highest BCUT2D eigenvalue weighted by Crippen LogP contribution is 2.28. The topological polar surface area (TPSA) is 102 Å². The van der Waals surface area contributed by atoms with Gasteiger partial charge in [0.15, 0.2) is 18.5 Å². The summed E-state index contributed by atoms with van der Waals surface area (Å²) in [6, 6.07) is 11.6. The molecule has 0 aromatic heterocycles. The molecule has 27 heavy (non-hydrogen) atoms. The Balaban J connectivity index is 1.72. The van der Waals surface area contributed by atoms with E-state index in [2.05, 4.69) is 5.32 Å². The van der Waals surface area contributed by atoms with Crippen LogP contribution in [0.3, 0.4) is 0 Å². The number of rotatable bonds is 6. The molecule has 1 amide bonds. The molecular weight excluding hydrogens is 350 g/mol. The number of hydrogen-bond acceptors (Lipinski definition) is 5. The quantitative estimate of drug-likeness (QED) is 0.601. The largest absolute Gasteiger partial charge is 0.482 e. The molecule has 138 valence electrons. The smallest absolute Gasteiger partial charge is 0.344 e. The zero-order valence-electron chi connectivity index (χ0n) is 14.5. The van der Waals surface area contributed by atoms with E-state index in [4.69, 9.17) is 14.6 Å². The molecule has 0 radical (unpaired) electrons. The van der Waals surface area contributed by atoms with Crippen LogP contribution < -0.4 is 14.8 Å². The SMILES string of the molecule is C[C@H](Oc1cccc(/C=C/C(=O)c2ccc3c(c2)NC(=O)CO3)c1)C(=O)O. The summed E-state index contributed by atoms with van der Waals surface area (Å²) in [6.07, 6.45) is 2.03. The van der Waals surface area contributed by atoms with Gasteiger partial charge in [0, 0.05) is 5.56 Å². The number of carboxylic acid groups (broad SMARTS) is 1. The number of carboxylic acids is 1. The van der Waals surface area contributed by atoms with Crippen molar-refractivity contribution in [2.75, 3.05) is 11.9 Å². The Kier molecular flexibility index (Phi) is 5.21. The number of carbonyl (C=O) groups is 3. The first kappa shape index (κ1) is 18.2. The number of fused-ring (bicyclic) bond motifs is 1. The fourth-order valence-electron chi connectivity index (χ4n) is 2.45. The number of aliphatic carboxylic acids is 1. The van der Waals surface area contributed by atoms with Crippen molar-refractivity contribution in [3.05, 3.63) is 59.7 Å². The normalized spacial score (nSPS) is 14.0. The van der Waals surface area contributed by atoms with Crippen molar-refractivity contribution in [2.24, 2.45) is 0 Å². The molecule has 3 rings (SSSR count). The number of benzene rings is 2. The van der Waals surface area contributed by atoms with Gasteiger partial charge in [-0.2, -0.15) is 0 Å². The number of ether oxygens (including phenoxy) is 2. The minimum Gasteiger partial charge on any atom is -0.482 e. The molecule has 1 heterocycles. The average Bonchev–Trinajstić information content (AvgIpc) is 2.65. The van der Waals surface area contributed by atoms with Gasteiger partial charge in [-0.15, -0.1) is 0 Å². The molecule has 0 saturated heterocycles. The van der Waals surface area contributed by atoms with Gasteiger partial charge in [-0.1, -0.05) is 18.2 Å². The van der Waals surface area contributed by atoms with E-state index >= 15 is 0 Å². The number of anilines is 1. The van der Waals surface area contributed by atoms with Crippen LogP contribution in [0.25, 0.3) is 6.08 Å². The standard InChI is InChI=1S/C20H17NO6/c1-12(20(24)25)27-15-4-2-3-13(9-15)5-7-17(22)14-6-8-18-16(10-14)21-19(23)11-26-18/h2-10,12H,11H2,1H3,(H,21,23)(H,24,25)/b7-5+/t12-/m0/s1. The van der Waals surface area contributed by atoms with Crippen LogP contribution in [0.4, 0.5) is 5.69 Å². The maximum absolute atomic E-state index is 12.4. The predicted octanol–water partition coefficient (Wildman–Crippen LogP) is 2.77. The highest BCUT2D eigenvalue weighted by atomic mass is 16.5. The van der Waals surface area contributed by atoms with Crippen molar-refractivity contribution in [2.45, 2.75) is 13.0 Å². The number of carbonyl (C=O) groups excluding carboxylic acids is 2. The lowest BCUT2D eigenvalue weighted by molar-refractivity contribution is -0.144. The van der Waals surface area contributed by atoms with E-state index in [0.717, 1.165) is 0 Å². The summed E-state index contributed by atoms with van der Waals surface area (Å²) in [5.74, 6) is -0.659. The van der Waals surface area contributed by atoms with E-state index in [1.165, 1.54) is 13.0 Å². The highest BCUT2D eigenvalue weighted by molar-refractivity contribution is 6.08. The fourth-order valence-corrected chi connectivity index (χ4v) is 2.45. The van der Waals surface area contributed by atoms with Gasteiger partial charge in [-0.25, -0.2) is 4.79 Å². The van der Waals surface area contributed by atoms with Crippen LogP contribution in [0, 0.1) is 0 Å². The third kappa shape index (κ3) is 4.52. The molecule has 0 bridgehead atoms. The lowest BCUT2D eigenvalue weighted by atomic mass is 10.1. The van der Waals surface area contributed by atoms with E-state index in [9.17, 15) is 14.4 Å². The Bertz CT molecular complexity index is 934. The highest BCUT2D eigenvalue weighted by Gasteiger charge is 2.17. The molecule has 2 aromatic carbocycles. The molecule has 0 unspecified atom stereocenters. The maximum Gasteiger partial charge on any atom is 0.344 e. The summed E-state index contributed by atoms with van der Waals surface area (Å²) < 4.78 is 10.6. The van der Waals surface area contributed by atoms with E-state index in [0.29, 0.717) is 28.3 Å². The van der Waals surface area contributed by atoms with Crippen LogP contribution in [-0.2, 0) is 9.59 Å². The van der Waals surface area contributed by atoms with Crippen molar-refractivity contribution < 1.29 is 29.0 Å². The van der Waals surface area contributed by atoms with Crippen LogP contribution in [0.15, 0.2) is 48.5 Å². The lowest BCUT2D eigenvalue weighted by Gasteiger charge is -2.17. The van der Waals surface area contributed by atoms with Crippen LogP contribution in [-0.4, -0.2) is 35.5 Å². The fraction of sp³-hybridized carbons (Fsp3) is 0.150. The minimum atomic E-state index is -1.06. The first-order valence-electron chi connectivity index (χ1n) is 8.21. The van der Waals surface area contributed by atoms with E-state index in [-0.39, 0.29) is 18.3 Å². The molecule has 7 nitrogen and oxygen atoms in total. The van der Waals surface area contributed by atoms with Gasteiger partial charge in [0.2, 0.25) is 0 Å². The van der Waals surface area contributed by atoms with Crippen molar-refractivity contribution in [1.29, 1.82) is 0 Å². The molecule has 1 aliphatic heterocycles. The van der Waals surface area contributed by atoms with Crippen molar-refractivity contribution in [3.8, 4) is 11.5 Å². The molecular formula is C20H17NO6. The summed E-state index contributed by atoms with van der Waals surface area (Å²) in [7, 11) is 0. The van der Waals surface area contributed by atoms with Crippen LogP contribution in [0.2, 0.25) is 0 Å². The Hall–Kier alpha value is -3.61. The number of hydrogen-bond donors (Lipinski definition) is 2. The van der Waals surface area contributed by atoms with E-state index in [1.54, 1.807) is 48.5 Å². The minimum absolute atomic E-state index is 0.0426. The summed E-state index contributed by atoms with van der Waals surface area (Å²) in [5.41, 5.74) is 1.55. The monoisotopic (exact) mass is 367 g/mol. The van der Waals surface area contributed by atoms with Crippen LogP contribution in [0.5, 0.6) is 11.5 Å². The van der Waals surface area contributed by atoms with Crippen LogP contribution >= 0.6 is 0 Å². The second-order valence-corrected chi connectivity index (χ2v) is 5.92. The summed E-state index contributed by atoms with van der Waals surface area (Å²) in [4.78, 5) is 34.6. The number of nitrogens with one attached hydrogen (secondary N) is 1. The zero-order valence-corrected chi connectivity index (χ0v) is 14.5. The molecule has 0 aliphatic carbocycles. The van der Waals surface area contributed by atoms with Gasteiger partial charge in [0.05, 0.1) is 5.69 Å². The maximum atomic E-state index is 12.4. The zero-order chi connectivity index (χ0) is 19.4. The molecule has 2 aromatic rings. The van der Waals surface area contributed by atoms with Gasteiger partial charge >= 0.3 is 5.97 Å². The molecule has 0 fully saturated rings. The second-order valence-electron chi connectivity index (χ2n) is 5.92. The Morgan fingerprint density at radius 2 is 2.07 bits per heavy atom. The molecule has 0 saturated carbocycles. The molecule has 2 N–H and O–H groups in total. The lowest BCUT2D eigenvalue weighted by Crippen LogP contribution is -2.25. The first-order chi connectivity index (χ1) is 12.9. The summed E-state index contributed by atoms with van der Waals surface area (Å²) in [5, 5.41) is 11.6. The molecule has 0 spiro atoms. The molecule has 1 aliphatic rings. The Labute approximate surface area is 155 Å².